The lowest BCUT2D eigenvalue weighted by molar-refractivity contribution is -0.0437. The van der Waals surface area contributed by atoms with Gasteiger partial charge in [-0.15, -0.1) is 0 Å². The number of rotatable bonds is 2. The maximum atomic E-state index is 10.2. The van der Waals surface area contributed by atoms with Gasteiger partial charge in [-0.1, -0.05) is 11.6 Å². The Kier molecular flexibility index (Phi) is 3.91. The standard InChI is InChI=1S/C14H19ClN2O2/c15-11-8-16-5-3-13(11)17-6-1-2-12(17)10-9-19-7-4-14(10)18/h3,5,8,10,12,14,18H,1-2,4,6-7,9H2/t10-,12-,14+/m0/s1. The largest absolute Gasteiger partial charge is 0.393 e. The number of hydrogen-bond donors (Lipinski definition) is 1. The van der Waals surface area contributed by atoms with Crippen molar-refractivity contribution in [2.45, 2.75) is 31.4 Å². The van der Waals surface area contributed by atoms with Crippen LogP contribution in [-0.2, 0) is 4.74 Å². The van der Waals surface area contributed by atoms with Crippen molar-refractivity contribution in [3.63, 3.8) is 0 Å². The van der Waals surface area contributed by atoms with Crippen molar-refractivity contribution in [1.29, 1.82) is 0 Å². The van der Waals surface area contributed by atoms with Gasteiger partial charge < -0.3 is 14.7 Å². The van der Waals surface area contributed by atoms with E-state index in [9.17, 15) is 5.11 Å². The van der Waals surface area contributed by atoms with Crippen molar-refractivity contribution >= 4 is 17.3 Å². The van der Waals surface area contributed by atoms with Crippen molar-refractivity contribution in [2.75, 3.05) is 24.7 Å². The van der Waals surface area contributed by atoms with E-state index in [0.29, 0.717) is 24.3 Å². The molecular formula is C14H19ClN2O2. The number of anilines is 1. The molecule has 3 rings (SSSR count). The number of aromatic nitrogens is 1. The second kappa shape index (κ2) is 5.65. The number of ether oxygens (including phenoxy) is 1. The van der Waals surface area contributed by atoms with Gasteiger partial charge in [0.05, 0.1) is 23.4 Å². The summed E-state index contributed by atoms with van der Waals surface area (Å²) in [6, 6.07) is 2.27. The monoisotopic (exact) mass is 282 g/mol. The lowest BCUT2D eigenvalue weighted by Gasteiger charge is -2.38. The molecular weight excluding hydrogens is 264 g/mol. The van der Waals surface area contributed by atoms with Crippen LogP contribution in [-0.4, -0.2) is 42.0 Å². The number of halogens is 1. The molecule has 2 saturated heterocycles. The fourth-order valence-corrected chi connectivity index (χ4v) is 3.48. The predicted octanol–water partition coefficient (Wildman–Crippen LogP) is 2.10. The van der Waals surface area contributed by atoms with Gasteiger partial charge in [0.25, 0.3) is 0 Å². The van der Waals surface area contributed by atoms with Gasteiger partial charge in [-0.3, -0.25) is 4.98 Å². The van der Waals surface area contributed by atoms with Gasteiger partial charge in [-0.05, 0) is 25.3 Å². The van der Waals surface area contributed by atoms with Crippen molar-refractivity contribution in [3.05, 3.63) is 23.5 Å². The van der Waals surface area contributed by atoms with Crippen molar-refractivity contribution < 1.29 is 9.84 Å². The lowest BCUT2D eigenvalue weighted by atomic mass is 9.89. The zero-order valence-electron chi connectivity index (χ0n) is 10.8. The van der Waals surface area contributed by atoms with Gasteiger partial charge in [0.15, 0.2) is 0 Å². The maximum Gasteiger partial charge on any atom is 0.0822 e. The first-order chi connectivity index (χ1) is 9.27. The molecule has 2 aliphatic heterocycles. The van der Waals surface area contributed by atoms with Crippen molar-refractivity contribution in [1.82, 2.24) is 4.98 Å². The smallest absolute Gasteiger partial charge is 0.0822 e. The zero-order chi connectivity index (χ0) is 13.2. The van der Waals surface area contributed by atoms with Crippen LogP contribution in [0.3, 0.4) is 0 Å². The Morgan fingerprint density at radius 2 is 2.32 bits per heavy atom. The van der Waals surface area contributed by atoms with Crippen LogP contribution >= 0.6 is 11.6 Å². The summed E-state index contributed by atoms with van der Waals surface area (Å²) in [6.07, 6.45) is 6.14. The van der Waals surface area contributed by atoms with E-state index in [1.165, 1.54) is 0 Å². The average molecular weight is 283 g/mol. The van der Waals surface area contributed by atoms with E-state index in [4.69, 9.17) is 16.3 Å². The highest BCUT2D eigenvalue weighted by atomic mass is 35.5. The molecule has 1 aromatic heterocycles. The van der Waals surface area contributed by atoms with E-state index in [-0.39, 0.29) is 12.0 Å². The Morgan fingerprint density at radius 3 is 3.11 bits per heavy atom. The van der Waals surface area contributed by atoms with Crippen LogP contribution in [0.25, 0.3) is 0 Å². The Morgan fingerprint density at radius 1 is 1.42 bits per heavy atom. The second-order valence-corrected chi connectivity index (χ2v) is 5.73. The summed E-state index contributed by atoms with van der Waals surface area (Å²) in [5.41, 5.74) is 1.02. The molecule has 1 N–H and O–H groups in total. The van der Waals surface area contributed by atoms with Crippen LogP contribution in [0.4, 0.5) is 5.69 Å². The normalized spacial score (nSPS) is 31.7. The molecule has 0 bridgehead atoms. The predicted molar refractivity (Wildman–Crippen MR) is 74.5 cm³/mol. The maximum absolute atomic E-state index is 10.2. The van der Waals surface area contributed by atoms with Crippen LogP contribution in [0.5, 0.6) is 0 Å². The third-order valence-electron chi connectivity index (χ3n) is 4.22. The van der Waals surface area contributed by atoms with Crippen molar-refractivity contribution in [2.24, 2.45) is 5.92 Å². The fraction of sp³-hybridized carbons (Fsp3) is 0.643. The highest BCUT2D eigenvalue weighted by Gasteiger charge is 2.38. The molecule has 4 nitrogen and oxygen atoms in total. The minimum atomic E-state index is -0.264. The first kappa shape index (κ1) is 13.2. The molecule has 104 valence electrons. The summed E-state index contributed by atoms with van der Waals surface area (Å²) in [5, 5.41) is 10.9. The van der Waals surface area contributed by atoms with E-state index in [1.807, 2.05) is 6.07 Å². The highest BCUT2D eigenvalue weighted by molar-refractivity contribution is 6.33. The number of pyridine rings is 1. The van der Waals surface area contributed by atoms with Crippen LogP contribution in [0.1, 0.15) is 19.3 Å². The summed E-state index contributed by atoms with van der Waals surface area (Å²) >= 11 is 6.25. The van der Waals surface area contributed by atoms with Crippen LogP contribution < -0.4 is 4.90 Å². The van der Waals surface area contributed by atoms with E-state index in [0.717, 1.165) is 31.5 Å². The number of nitrogens with zero attached hydrogens (tertiary/aromatic N) is 2. The number of aliphatic hydroxyl groups excluding tert-OH is 1. The first-order valence-electron chi connectivity index (χ1n) is 6.89. The number of hydrogen-bond acceptors (Lipinski definition) is 4. The summed E-state index contributed by atoms with van der Waals surface area (Å²) in [4.78, 5) is 6.35. The van der Waals surface area contributed by atoms with Gasteiger partial charge in [-0.2, -0.15) is 0 Å². The first-order valence-corrected chi connectivity index (χ1v) is 7.27. The third kappa shape index (κ3) is 2.57. The molecule has 0 saturated carbocycles. The topological polar surface area (TPSA) is 45.6 Å². The minimum absolute atomic E-state index is 0.181. The van der Waals surface area contributed by atoms with Gasteiger partial charge in [0, 0.05) is 37.5 Å². The molecule has 0 radical (unpaired) electrons. The van der Waals surface area contributed by atoms with Gasteiger partial charge in [0.1, 0.15) is 0 Å². The Labute approximate surface area is 118 Å². The molecule has 0 amide bonds. The van der Waals surface area contributed by atoms with E-state index in [1.54, 1.807) is 12.4 Å². The summed E-state index contributed by atoms with van der Waals surface area (Å²) in [7, 11) is 0. The van der Waals surface area contributed by atoms with E-state index >= 15 is 0 Å². The van der Waals surface area contributed by atoms with Gasteiger partial charge in [0.2, 0.25) is 0 Å². The average Bonchev–Trinajstić information content (AvgIpc) is 2.89. The van der Waals surface area contributed by atoms with Gasteiger partial charge in [-0.25, -0.2) is 0 Å². The molecule has 1 aromatic rings. The van der Waals surface area contributed by atoms with Crippen LogP contribution in [0, 0.1) is 5.92 Å². The van der Waals surface area contributed by atoms with E-state index in [2.05, 4.69) is 9.88 Å². The summed E-state index contributed by atoms with van der Waals surface area (Å²) < 4.78 is 5.55. The second-order valence-electron chi connectivity index (χ2n) is 5.32. The van der Waals surface area contributed by atoms with Crippen LogP contribution in [0.2, 0.25) is 5.02 Å². The Bertz CT molecular complexity index is 443. The van der Waals surface area contributed by atoms with Crippen molar-refractivity contribution in [3.8, 4) is 0 Å². The highest BCUT2D eigenvalue weighted by Crippen LogP contribution is 2.36. The molecule has 3 heterocycles. The fourth-order valence-electron chi connectivity index (χ4n) is 3.25. The zero-order valence-corrected chi connectivity index (χ0v) is 11.6. The quantitative estimate of drug-likeness (QED) is 0.902. The molecule has 2 aliphatic rings. The molecule has 0 aromatic carbocycles. The third-order valence-corrected chi connectivity index (χ3v) is 4.51. The minimum Gasteiger partial charge on any atom is -0.393 e. The molecule has 0 aliphatic carbocycles. The molecule has 2 fully saturated rings. The lowest BCUT2D eigenvalue weighted by Crippen LogP contribution is -2.46. The molecule has 0 unspecified atom stereocenters. The summed E-state index contributed by atoms with van der Waals surface area (Å²) in [6.45, 7) is 2.29. The van der Waals surface area contributed by atoms with Crippen LogP contribution in [0.15, 0.2) is 18.5 Å². The Hall–Kier alpha value is -0.840. The van der Waals surface area contributed by atoms with E-state index < -0.39 is 0 Å². The molecule has 5 heteroatoms. The SMILES string of the molecule is O[C@@H]1CCOC[C@H]1[C@@H]1CCCN1c1ccncc1Cl. The summed E-state index contributed by atoms with van der Waals surface area (Å²) in [5.74, 6) is 0.181. The molecule has 19 heavy (non-hydrogen) atoms. The Balaban J connectivity index is 1.83. The molecule has 3 atom stereocenters. The van der Waals surface area contributed by atoms with Gasteiger partial charge >= 0.3 is 0 Å². The number of aliphatic hydroxyl groups is 1. The molecule has 0 spiro atoms.